The summed E-state index contributed by atoms with van der Waals surface area (Å²) in [6.45, 7) is 4.34. The van der Waals surface area contributed by atoms with E-state index < -0.39 is 0 Å². The molecular formula is C10H19N5O. The lowest BCUT2D eigenvalue weighted by Crippen LogP contribution is -2.09. The molecule has 0 aliphatic heterocycles. The van der Waals surface area contributed by atoms with Gasteiger partial charge in [-0.25, -0.2) is 0 Å². The van der Waals surface area contributed by atoms with Crippen molar-refractivity contribution >= 4 is 17.6 Å². The van der Waals surface area contributed by atoms with E-state index in [1.54, 1.807) is 7.11 Å². The van der Waals surface area contributed by atoms with Gasteiger partial charge in [0.25, 0.3) is 0 Å². The van der Waals surface area contributed by atoms with Crippen molar-refractivity contribution in [2.75, 3.05) is 43.2 Å². The number of hydrogen-bond donors (Lipinski definition) is 3. The van der Waals surface area contributed by atoms with Gasteiger partial charge in [0.05, 0.1) is 0 Å². The smallest absolute Gasteiger partial charge is 0.223 e. The number of rotatable bonds is 7. The van der Waals surface area contributed by atoms with Crippen molar-refractivity contribution in [2.24, 2.45) is 0 Å². The third-order valence-electron chi connectivity index (χ3n) is 1.93. The highest BCUT2D eigenvalue weighted by Gasteiger charge is 2.00. The predicted octanol–water partition coefficient (Wildman–Crippen LogP) is 0.939. The lowest BCUT2D eigenvalue weighted by atomic mass is 10.4. The van der Waals surface area contributed by atoms with Gasteiger partial charge in [0.2, 0.25) is 5.95 Å². The lowest BCUT2D eigenvalue weighted by Gasteiger charge is -2.08. The minimum Gasteiger partial charge on any atom is -0.385 e. The van der Waals surface area contributed by atoms with Gasteiger partial charge in [0.1, 0.15) is 11.6 Å². The molecule has 0 aromatic carbocycles. The maximum absolute atomic E-state index is 5.59. The van der Waals surface area contributed by atoms with Crippen molar-refractivity contribution in [1.29, 1.82) is 0 Å². The molecule has 6 nitrogen and oxygen atoms in total. The first kappa shape index (κ1) is 12.5. The zero-order valence-electron chi connectivity index (χ0n) is 9.79. The molecule has 0 amide bonds. The maximum atomic E-state index is 5.59. The van der Waals surface area contributed by atoms with Gasteiger partial charge in [-0.1, -0.05) is 0 Å². The SMILES string of the molecule is CCNc1cc(NCCCOC)nc(N)n1. The van der Waals surface area contributed by atoms with Gasteiger partial charge in [-0.05, 0) is 13.3 Å². The monoisotopic (exact) mass is 225 g/mol. The van der Waals surface area contributed by atoms with E-state index in [-0.39, 0.29) is 5.95 Å². The van der Waals surface area contributed by atoms with Crippen LogP contribution in [-0.4, -0.2) is 36.8 Å². The zero-order valence-corrected chi connectivity index (χ0v) is 9.79. The normalized spacial score (nSPS) is 10.1. The maximum Gasteiger partial charge on any atom is 0.223 e. The van der Waals surface area contributed by atoms with Gasteiger partial charge in [-0.2, -0.15) is 9.97 Å². The summed E-state index contributed by atoms with van der Waals surface area (Å²) in [7, 11) is 1.69. The first-order chi connectivity index (χ1) is 7.76. The van der Waals surface area contributed by atoms with Crippen molar-refractivity contribution in [1.82, 2.24) is 9.97 Å². The average Bonchev–Trinajstić information content (AvgIpc) is 2.24. The Balaban J connectivity index is 2.51. The third-order valence-corrected chi connectivity index (χ3v) is 1.93. The summed E-state index contributed by atoms with van der Waals surface area (Å²) in [5.74, 6) is 1.75. The number of methoxy groups -OCH3 is 1. The van der Waals surface area contributed by atoms with Crippen LogP contribution in [0.1, 0.15) is 13.3 Å². The number of nitrogen functional groups attached to an aromatic ring is 1. The van der Waals surface area contributed by atoms with E-state index in [1.807, 2.05) is 13.0 Å². The first-order valence-corrected chi connectivity index (χ1v) is 5.37. The summed E-state index contributed by atoms with van der Waals surface area (Å²) in [5, 5.41) is 6.26. The van der Waals surface area contributed by atoms with Gasteiger partial charge in [0.15, 0.2) is 0 Å². The molecular weight excluding hydrogens is 206 g/mol. The second kappa shape index (κ2) is 6.84. The van der Waals surface area contributed by atoms with Crippen LogP contribution in [0.5, 0.6) is 0 Å². The fourth-order valence-corrected chi connectivity index (χ4v) is 1.26. The summed E-state index contributed by atoms with van der Waals surface area (Å²) in [4.78, 5) is 8.15. The summed E-state index contributed by atoms with van der Waals surface area (Å²) < 4.78 is 4.96. The van der Waals surface area contributed by atoms with Crippen LogP contribution in [0.4, 0.5) is 17.6 Å². The Morgan fingerprint density at radius 3 is 2.62 bits per heavy atom. The molecule has 6 heteroatoms. The molecule has 0 unspecified atom stereocenters. The van der Waals surface area contributed by atoms with Gasteiger partial charge < -0.3 is 21.1 Å². The second-order valence-electron chi connectivity index (χ2n) is 3.30. The summed E-state index contributed by atoms with van der Waals surface area (Å²) in [5.41, 5.74) is 5.59. The Bertz CT molecular complexity index is 318. The molecule has 0 saturated carbocycles. The van der Waals surface area contributed by atoms with Crippen LogP contribution < -0.4 is 16.4 Å². The standard InChI is InChI=1S/C10H19N5O/c1-3-12-8-7-9(15-10(11)14-8)13-5-4-6-16-2/h7H,3-6H2,1-2H3,(H4,11,12,13,14,15). The molecule has 90 valence electrons. The van der Waals surface area contributed by atoms with Crippen molar-refractivity contribution in [3.05, 3.63) is 6.07 Å². The Kier molecular flexibility index (Phi) is 5.35. The molecule has 1 heterocycles. The summed E-state index contributed by atoms with van der Waals surface area (Å²) >= 11 is 0. The minimum atomic E-state index is 0.271. The number of hydrogen-bond acceptors (Lipinski definition) is 6. The summed E-state index contributed by atoms with van der Waals surface area (Å²) in [6, 6.07) is 1.84. The van der Waals surface area contributed by atoms with Crippen LogP contribution in [0.25, 0.3) is 0 Å². The molecule has 1 rings (SSSR count). The van der Waals surface area contributed by atoms with E-state index in [0.29, 0.717) is 0 Å². The summed E-state index contributed by atoms with van der Waals surface area (Å²) in [6.07, 6.45) is 0.928. The quantitative estimate of drug-likeness (QED) is 0.599. The van der Waals surface area contributed by atoms with Crippen LogP contribution in [-0.2, 0) is 4.74 Å². The third kappa shape index (κ3) is 4.31. The lowest BCUT2D eigenvalue weighted by molar-refractivity contribution is 0.198. The highest BCUT2D eigenvalue weighted by molar-refractivity contribution is 5.50. The molecule has 0 radical (unpaired) electrons. The molecule has 0 saturated heterocycles. The first-order valence-electron chi connectivity index (χ1n) is 5.37. The molecule has 4 N–H and O–H groups in total. The number of anilines is 3. The molecule has 1 aromatic rings. The van der Waals surface area contributed by atoms with E-state index in [1.165, 1.54) is 0 Å². The van der Waals surface area contributed by atoms with Crippen LogP contribution in [0, 0.1) is 0 Å². The molecule has 0 atom stereocenters. The predicted molar refractivity (Wildman–Crippen MR) is 65.6 cm³/mol. The zero-order chi connectivity index (χ0) is 11.8. The topological polar surface area (TPSA) is 85.1 Å². The Morgan fingerprint density at radius 1 is 1.31 bits per heavy atom. The van der Waals surface area contributed by atoms with E-state index in [4.69, 9.17) is 10.5 Å². The highest BCUT2D eigenvalue weighted by Crippen LogP contribution is 2.11. The van der Waals surface area contributed by atoms with Crippen molar-refractivity contribution in [3.8, 4) is 0 Å². The van der Waals surface area contributed by atoms with Crippen LogP contribution >= 0.6 is 0 Å². The fourth-order valence-electron chi connectivity index (χ4n) is 1.26. The van der Waals surface area contributed by atoms with Gasteiger partial charge in [-0.3, -0.25) is 0 Å². The van der Waals surface area contributed by atoms with Crippen LogP contribution in [0.3, 0.4) is 0 Å². The van der Waals surface area contributed by atoms with E-state index in [2.05, 4.69) is 20.6 Å². The van der Waals surface area contributed by atoms with Crippen molar-refractivity contribution in [3.63, 3.8) is 0 Å². The van der Waals surface area contributed by atoms with Gasteiger partial charge in [0, 0.05) is 32.9 Å². The number of nitrogens with zero attached hydrogens (tertiary/aromatic N) is 2. The molecule has 0 aliphatic carbocycles. The molecule has 0 bridgehead atoms. The number of ether oxygens (including phenoxy) is 1. The number of aromatic nitrogens is 2. The molecule has 0 aliphatic rings. The van der Waals surface area contributed by atoms with E-state index in [0.717, 1.165) is 37.8 Å². The van der Waals surface area contributed by atoms with Crippen LogP contribution in [0.15, 0.2) is 6.07 Å². The van der Waals surface area contributed by atoms with Gasteiger partial charge in [-0.15, -0.1) is 0 Å². The van der Waals surface area contributed by atoms with Crippen molar-refractivity contribution in [2.45, 2.75) is 13.3 Å². The Morgan fingerprint density at radius 2 is 2.00 bits per heavy atom. The van der Waals surface area contributed by atoms with Crippen molar-refractivity contribution < 1.29 is 4.74 Å². The second-order valence-corrected chi connectivity index (χ2v) is 3.30. The highest BCUT2D eigenvalue weighted by atomic mass is 16.5. The Labute approximate surface area is 95.6 Å². The largest absolute Gasteiger partial charge is 0.385 e. The Hall–Kier alpha value is -1.56. The van der Waals surface area contributed by atoms with E-state index in [9.17, 15) is 0 Å². The molecule has 0 fully saturated rings. The number of nitrogens with two attached hydrogens (primary N) is 1. The van der Waals surface area contributed by atoms with E-state index >= 15 is 0 Å². The fraction of sp³-hybridized carbons (Fsp3) is 0.600. The molecule has 1 aromatic heterocycles. The van der Waals surface area contributed by atoms with Gasteiger partial charge >= 0.3 is 0 Å². The minimum absolute atomic E-state index is 0.271. The molecule has 16 heavy (non-hydrogen) atoms. The average molecular weight is 225 g/mol. The molecule has 0 spiro atoms. The number of nitrogens with one attached hydrogen (secondary N) is 2. The van der Waals surface area contributed by atoms with Crippen LogP contribution in [0.2, 0.25) is 0 Å².